The first-order valence-electron chi connectivity index (χ1n) is 9.22. The Kier molecular flexibility index (Phi) is 5.85. The number of nitrogens with one attached hydrogen (secondary N) is 1. The zero-order valence-electron chi connectivity index (χ0n) is 16.2. The highest BCUT2D eigenvalue weighted by Crippen LogP contribution is 2.33. The zero-order chi connectivity index (χ0) is 21.8. The van der Waals surface area contributed by atoms with Crippen molar-refractivity contribution in [2.75, 3.05) is 0 Å². The molecule has 31 heavy (non-hydrogen) atoms. The van der Waals surface area contributed by atoms with Crippen molar-refractivity contribution in [3.63, 3.8) is 0 Å². The van der Waals surface area contributed by atoms with Crippen LogP contribution in [-0.4, -0.2) is 31.3 Å². The number of ether oxygens (including phenoxy) is 1. The highest BCUT2D eigenvalue weighted by Gasteiger charge is 2.15. The number of hydrogen-bond acceptors (Lipinski definition) is 6. The van der Waals surface area contributed by atoms with E-state index >= 15 is 0 Å². The van der Waals surface area contributed by atoms with Gasteiger partial charge in [-0.1, -0.05) is 11.6 Å². The third-order valence-electron chi connectivity index (χ3n) is 4.50. The summed E-state index contributed by atoms with van der Waals surface area (Å²) in [5, 5.41) is 14.1. The molecule has 0 saturated carbocycles. The van der Waals surface area contributed by atoms with E-state index in [4.69, 9.17) is 16.3 Å². The Bertz CT molecular complexity index is 1200. The highest BCUT2D eigenvalue weighted by molar-refractivity contribution is 6.33. The molecule has 0 aliphatic rings. The Labute approximate surface area is 181 Å². The SMILES string of the molecule is CC(NC(=O)Oc1cc(-c2ccc(F)cc2Cl)cc(-n2cnnn2)c1)c1ccncc1. The second-order valence-corrected chi connectivity index (χ2v) is 7.04. The largest absolute Gasteiger partial charge is 0.413 e. The molecule has 1 amide bonds. The molecule has 0 bridgehead atoms. The Hall–Kier alpha value is -3.85. The lowest BCUT2D eigenvalue weighted by Crippen LogP contribution is -2.29. The van der Waals surface area contributed by atoms with E-state index in [-0.39, 0.29) is 16.8 Å². The van der Waals surface area contributed by atoms with Crippen molar-refractivity contribution in [1.29, 1.82) is 0 Å². The molecule has 8 nitrogen and oxygen atoms in total. The summed E-state index contributed by atoms with van der Waals surface area (Å²) >= 11 is 6.22. The van der Waals surface area contributed by atoms with E-state index in [0.717, 1.165) is 5.56 Å². The smallest absolute Gasteiger partial charge is 0.410 e. The predicted molar refractivity (Wildman–Crippen MR) is 111 cm³/mol. The molecule has 0 fully saturated rings. The molecule has 0 saturated heterocycles. The van der Waals surface area contributed by atoms with Gasteiger partial charge in [0.05, 0.1) is 16.8 Å². The Morgan fingerprint density at radius 3 is 2.68 bits per heavy atom. The molecular formula is C21H16ClFN6O2. The van der Waals surface area contributed by atoms with Crippen LogP contribution in [0.25, 0.3) is 16.8 Å². The van der Waals surface area contributed by atoms with Crippen LogP contribution in [0.2, 0.25) is 5.02 Å². The summed E-state index contributed by atoms with van der Waals surface area (Å²) in [7, 11) is 0. The van der Waals surface area contributed by atoms with Crippen LogP contribution in [-0.2, 0) is 0 Å². The maximum Gasteiger partial charge on any atom is 0.413 e. The molecule has 1 unspecified atom stereocenters. The molecule has 1 N–H and O–H groups in total. The number of amides is 1. The number of carbonyl (C=O) groups excluding carboxylic acids is 1. The fourth-order valence-electron chi connectivity index (χ4n) is 2.98. The van der Waals surface area contributed by atoms with Crippen molar-refractivity contribution in [3.05, 3.63) is 83.7 Å². The molecule has 0 aliphatic heterocycles. The Balaban J connectivity index is 1.63. The van der Waals surface area contributed by atoms with Crippen molar-refractivity contribution in [2.24, 2.45) is 0 Å². The number of halogens is 2. The standard InChI is InChI=1S/C21H16ClFN6O2/c1-13(14-4-6-24-7-5-14)26-21(30)31-18-9-15(19-3-2-16(23)10-20(19)22)8-17(11-18)29-12-25-27-28-29/h2-13H,1H3,(H,26,30). The van der Waals surface area contributed by atoms with Gasteiger partial charge in [0.25, 0.3) is 0 Å². The average Bonchev–Trinajstić information content (AvgIpc) is 3.29. The summed E-state index contributed by atoms with van der Waals surface area (Å²) < 4.78 is 20.4. The van der Waals surface area contributed by atoms with E-state index in [0.29, 0.717) is 16.8 Å². The summed E-state index contributed by atoms with van der Waals surface area (Å²) in [4.78, 5) is 16.4. The quantitative estimate of drug-likeness (QED) is 0.497. The lowest BCUT2D eigenvalue weighted by molar-refractivity contribution is 0.197. The van der Waals surface area contributed by atoms with Crippen molar-refractivity contribution < 1.29 is 13.9 Å². The van der Waals surface area contributed by atoms with Crippen LogP contribution in [0.1, 0.15) is 18.5 Å². The first-order chi connectivity index (χ1) is 15.0. The second kappa shape index (κ2) is 8.88. The van der Waals surface area contributed by atoms with Crippen molar-refractivity contribution in [1.82, 2.24) is 30.5 Å². The van der Waals surface area contributed by atoms with Gasteiger partial charge in [-0.25, -0.2) is 13.9 Å². The third-order valence-corrected chi connectivity index (χ3v) is 4.81. The first kappa shape index (κ1) is 20.4. The van der Waals surface area contributed by atoms with Gasteiger partial charge in [0, 0.05) is 24.0 Å². The summed E-state index contributed by atoms with van der Waals surface area (Å²) in [5.74, 6) is -0.214. The highest BCUT2D eigenvalue weighted by atomic mass is 35.5. The lowest BCUT2D eigenvalue weighted by Gasteiger charge is -2.15. The Morgan fingerprint density at radius 2 is 1.97 bits per heavy atom. The van der Waals surface area contributed by atoms with Crippen molar-refractivity contribution in [3.8, 4) is 22.6 Å². The summed E-state index contributed by atoms with van der Waals surface area (Å²) in [6.45, 7) is 1.83. The van der Waals surface area contributed by atoms with Crippen LogP contribution < -0.4 is 10.1 Å². The van der Waals surface area contributed by atoms with E-state index in [1.807, 2.05) is 6.92 Å². The van der Waals surface area contributed by atoms with Crippen molar-refractivity contribution in [2.45, 2.75) is 13.0 Å². The molecule has 156 valence electrons. The van der Waals surface area contributed by atoms with Crippen LogP contribution in [0.4, 0.5) is 9.18 Å². The van der Waals surface area contributed by atoms with Gasteiger partial charge < -0.3 is 10.1 Å². The molecule has 4 aromatic rings. The Morgan fingerprint density at radius 1 is 1.16 bits per heavy atom. The number of pyridine rings is 1. The van der Waals surface area contributed by atoms with Gasteiger partial charge in [-0.2, -0.15) is 0 Å². The molecule has 1 atom stereocenters. The number of rotatable bonds is 5. The number of benzene rings is 2. The van der Waals surface area contributed by atoms with E-state index in [9.17, 15) is 9.18 Å². The number of nitrogens with zero attached hydrogens (tertiary/aromatic N) is 5. The molecule has 10 heteroatoms. The average molecular weight is 439 g/mol. The van der Waals surface area contributed by atoms with Gasteiger partial charge in [-0.05, 0) is 70.9 Å². The van der Waals surface area contributed by atoms with Gasteiger partial charge in [0.15, 0.2) is 0 Å². The van der Waals surface area contributed by atoms with Crippen LogP contribution in [0.5, 0.6) is 5.75 Å². The van der Waals surface area contributed by atoms with Crippen LogP contribution in [0, 0.1) is 5.82 Å². The summed E-state index contributed by atoms with van der Waals surface area (Å²) in [5.41, 5.74) is 2.58. The number of carbonyl (C=O) groups is 1. The maximum atomic E-state index is 13.5. The second-order valence-electron chi connectivity index (χ2n) is 6.63. The lowest BCUT2D eigenvalue weighted by atomic mass is 10.0. The number of hydrogen-bond donors (Lipinski definition) is 1. The van der Waals surface area contributed by atoms with E-state index in [1.165, 1.54) is 23.1 Å². The predicted octanol–water partition coefficient (Wildman–Crippen LogP) is 4.37. The topological polar surface area (TPSA) is 94.8 Å². The summed E-state index contributed by atoms with van der Waals surface area (Å²) in [6, 6.07) is 12.4. The van der Waals surface area contributed by atoms with Gasteiger partial charge in [-0.15, -0.1) is 5.10 Å². The molecule has 2 aromatic heterocycles. The van der Waals surface area contributed by atoms with Crippen molar-refractivity contribution >= 4 is 17.7 Å². The summed E-state index contributed by atoms with van der Waals surface area (Å²) in [6.07, 6.45) is 4.05. The third kappa shape index (κ3) is 4.84. The molecule has 0 radical (unpaired) electrons. The zero-order valence-corrected chi connectivity index (χ0v) is 17.0. The van der Waals surface area contributed by atoms with Crippen LogP contribution in [0.15, 0.2) is 67.3 Å². The van der Waals surface area contributed by atoms with E-state index in [2.05, 4.69) is 25.8 Å². The number of aromatic nitrogens is 5. The maximum absolute atomic E-state index is 13.5. The van der Waals surface area contributed by atoms with Crippen LogP contribution in [0.3, 0.4) is 0 Å². The molecule has 2 heterocycles. The minimum Gasteiger partial charge on any atom is -0.410 e. The molecule has 2 aromatic carbocycles. The monoisotopic (exact) mass is 438 g/mol. The van der Waals surface area contributed by atoms with E-state index in [1.54, 1.807) is 48.8 Å². The van der Waals surface area contributed by atoms with Crippen LogP contribution >= 0.6 is 11.6 Å². The fraction of sp³-hybridized carbons (Fsp3) is 0.0952. The van der Waals surface area contributed by atoms with Gasteiger partial charge in [0.2, 0.25) is 0 Å². The van der Waals surface area contributed by atoms with Gasteiger partial charge in [0.1, 0.15) is 17.9 Å². The minimum absolute atomic E-state index is 0.218. The fourth-order valence-corrected chi connectivity index (χ4v) is 3.26. The van der Waals surface area contributed by atoms with Gasteiger partial charge in [-0.3, -0.25) is 4.98 Å². The van der Waals surface area contributed by atoms with E-state index < -0.39 is 11.9 Å². The molecule has 0 spiro atoms. The normalized spacial score (nSPS) is 11.7. The number of tetrazole rings is 1. The van der Waals surface area contributed by atoms with Gasteiger partial charge >= 0.3 is 6.09 Å². The first-order valence-corrected chi connectivity index (χ1v) is 9.59. The molecule has 4 rings (SSSR count). The molecule has 0 aliphatic carbocycles. The molecular weight excluding hydrogens is 423 g/mol. The minimum atomic E-state index is -0.644.